The average Bonchev–Trinajstić information content (AvgIpc) is 2.88. The Bertz CT molecular complexity index is 1340. The molecule has 36 heavy (non-hydrogen) atoms. The number of carbonyl (C=O) groups excluding carboxylic acids is 2. The molecular weight excluding hydrogens is 481 g/mol. The highest BCUT2D eigenvalue weighted by Crippen LogP contribution is 2.36. The molecule has 0 saturated carbocycles. The minimum absolute atomic E-state index is 0.0535. The number of anilines is 1. The molecule has 1 atom stereocenters. The number of hydrogen-bond donors (Lipinski definition) is 2. The maximum atomic E-state index is 13.7. The van der Waals surface area contributed by atoms with E-state index in [9.17, 15) is 22.4 Å². The summed E-state index contributed by atoms with van der Waals surface area (Å²) in [5.74, 6) is -0.825. The summed E-state index contributed by atoms with van der Waals surface area (Å²) >= 11 is 0. The zero-order valence-corrected chi connectivity index (χ0v) is 20.7. The van der Waals surface area contributed by atoms with E-state index < -0.39 is 16.1 Å². The molecule has 1 aliphatic rings. The van der Waals surface area contributed by atoms with E-state index in [2.05, 4.69) is 10.6 Å². The third-order valence-corrected chi connectivity index (χ3v) is 8.13. The zero-order chi connectivity index (χ0) is 25.7. The van der Waals surface area contributed by atoms with E-state index in [1.807, 2.05) is 24.3 Å². The molecule has 3 aromatic rings. The summed E-state index contributed by atoms with van der Waals surface area (Å²) in [5.41, 5.74) is 3.07. The van der Waals surface area contributed by atoms with Crippen LogP contribution in [0.5, 0.6) is 0 Å². The van der Waals surface area contributed by atoms with Crippen LogP contribution >= 0.6 is 0 Å². The molecule has 0 aromatic heterocycles. The molecule has 188 valence electrons. The van der Waals surface area contributed by atoms with Crippen LogP contribution < -0.4 is 10.6 Å². The van der Waals surface area contributed by atoms with E-state index in [-0.39, 0.29) is 42.0 Å². The number of sulfonamides is 1. The summed E-state index contributed by atoms with van der Waals surface area (Å²) in [6, 6.07) is 18.8. The minimum atomic E-state index is -3.92. The van der Waals surface area contributed by atoms with Gasteiger partial charge in [0.25, 0.3) is 0 Å². The van der Waals surface area contributed by atoms with Crippen molar-refractivity contribution in [2.24, 2.45) is 0 Å². The molecule has 7 nitrogen and oxygen atoms in total. The first-order valence-corrected chi connectivity index (χ1v) is 13.2. The van der Waals surface area contributed by atoms with Crippen LogP contribution in [0.25, 0.3) is 0 Å². The molecular formula is C27H28FN3O4S. The van der Waals surface area contributed by atoms with Gasteiger partial charge in [-0.05, 0) is 59.5 Å². The molecule has 1 aliphatic heterocycles. The Morgan fingerprint density at radius 2 is 1.67 bits per heavy atom. The van der Waals surface area contributed by atoms with Gasteiger partial charge in [-0.15, -0.1) is 0 Å². The fraction of sp³-hybridized carbons (Fsp3) is 0.259. The highest BCUT2D eigenvalue weighted by molar-refractivity contribution is 7.89. The molecule has 2 N–H and O–H groups in total. The van der Waals surface area contributed by atoms with Crippen molar-refractivity contribution in [2.45, 2.75) is 43.7 Å². The van der Waals surface area contributed by atoms with Gasteiger partial charge in [0, 0.05) is 31.6 Å². The summed E-state index contributed by atoms with van der Waals surface area (Å²) in [7, 11) is -3.92. The summed E-state index contributed by atoms with van der Waals surface area (Å²) in [5, 5.41) is 5.52. The Morgan fingerprint density at radius 3 is 2.36 bits per heavy atom. The van der Waals surface area contributed by atoms with Gasteiger partial charge < -0.3 is 10.6 Å². The predicted octanol–water partition coefficient (Wildman–Crippen LogP) is 4.17. The molecule has 1 heterocycles. The monoisotopic (exact) mass is 509 g/mol. The second kappa shape index (κ2) is 11.0. The van der Waals surface area contributed by atoms with Crippen molar-refractivity contribution in [1.29, 1.82) is 0 Å². The number of nitrogens with zero attached hydrogens (tertiary/aromatic N) is 1. The molecule has 9 heteroatoms. The molecule has 2 amide bonds. The van der Waals surface area contributed by atoms with Crippen molar-refractivity contribution < 1.29 is 22.4 Å². The molecule has 0 saturated heterocycles. The highest BCUT2D eigenvalue weighted by atomic mass is 32.2. The van der Waals surface area contributed by atoms with Crippen LogP contribution in [0.3, 0.4) is 0 Å². The van der Waals surface area contributed by atoms with Crippen molar-refractivity contribution >= 4 is 27.5 Å². The minimum Gasteiger partial charge on any atom is -0.352 e. The average molecular weight is 510 g/mol. The van der Waals surface area contributed by atoms with Gasteiger partial charge in [-0.1, -0.05) is 43.3 Å². The van der Waals surface area contributed by atoms with Crippen molar-refractivity contribution in [3.63, 3.8) is 0 Å². The van der Waals surface area contributed by atoms with Gasteiger partial charge in [0.2, 0.25) is 21.8 Å². The SMILES string of the molecule is CCC(=O)Nc1ccc(S(=O)(=O)N2CCc3ccccc3[C@@H]2CC(=O)NCc2ccc(F)cc2)cc1. The quantitative estimate of drug-likeness (QED) is 0.477. The van der Waals surface area contributed by atoms with E-state index in [0.29, 0.717) is 18.5 Å². The van der Waals surface area contributed by atoms with Gasteiger partial charge in [0.15, 0.2) is 0 Å². The number of fused-ring (bicyclic) bond motifs is 1. The zero-order valence-electron chi connectivity index (χ0n) is 19.9. The number of rotatable bonds is 8. The summed E-state index contributed by atoms with van der Waals surface area (Å²) in [6.07, 6.45) is 0.800. The summed E-state index contributed by atoms with van der Waals surface area (Å²) in [6.45, 7) is 2.19. The van der Waals surface area contributed by atoms with E-state index in [0.717, 1.165) is 16.7 Å². The number of hydrogen-bond acceptors (Lipinski definition) is 4. The largest absolute Gasteiger partial charge is 0.352 e. The molecule has 0 spiro atoms. The lowest BCUT2D eigenvalue weighted by Gasteiger charge is -2.36. The first-order chi connectivity index (χ1) is 17.3. The Morgan fingerprint density at radius 1 is 0.972 bits per heavy atom. The summed E-state index contributed by atoms with van der Waals surface area (Å²) in [4.78, 5) is 24.6. The normalized spacial score (nSPS) is 15.7. The Balaban J connectivity index is 1.56. The third-order valence-electron chi connectivity index (χ3n) is 6.21. The van der Waals surface area contributed by atoms with E-state index in [4.69, 9.17) is 0 Å². The lowest BCUT2D eigenvalue weighted by molar-refractivity contribution is -0.122. The van der Waals surface area contributed by atoms with Crippen LogP contribution in [0.1, 0.15) is 42.5 Å². The van der Waals surface area contributed by atoms with Crippen LogP contribution in [-0.2, 0) is 32.6 Å². The van der Waals surface area contributed by atoms with Gasteiger partial charge >= 0.3 is 0 Å². The van der Waals surface area contributed by atoms with Crippen LogP contribution in [0.15, 0.2) is 77.7 Å². The number of halogens is 1. The molecule has 3 aromatic carbocycles. The lowest BCUT2D eigenvalue weighted by atomic mass is 9.92. The van der Waals surface area contributed by atoms with Crippen LogP contribution in [0.2, 0.25) is 0 Å². The maximum absolute atomic E-state index is 13.7. The van der Waals surface area contributed by atoms with Crippen LogP contribution in [0, 0.1) is 5.82 Å². The van der Waals surface area contributed by atoms with E-state index in [1.54, 1.807) is 31.2 Å². The van der Waals surface area contributed by atoms with Crippen molar-refractivity contribution in [3.8, 4) is 0 Å². The molecule has 0 unspecified atom stereocenters. The van der Waals surface area contributed by atoms with Crippen LogP contribution in [0.4, 0.5) is 10.1 Å². The number of nitrogens with one attached hydrogen (secondary N) is 2. The second-order valence-electron chi connectivity index (χ2n) is 8.61. The third kappa shape index (κ3) is 5.80. The fourth-order valence-electron chi connectivity index (χ4n) is 4.27. The lowest BCUT2D eigenvalue weighted by Crippen LogP contribution is -2.42. The standard InChI is InChI=1S/C27H28FN3O4S/c1-2-26(32)30-22-11-13-23(14-12-22)36(34,35)31-16-15-20-5-3-4-6-24(20)25(31)17-27(33)29-18-19-7-9-21(28)10-8-19/h3-14,25H,2,15-18H2,1H3,(H,29,33)(H,30,32)/t25-/m0/s1. The first kappa shape index (κ1) is 25.5. The molecule has 0 bridgehead atoms. The first-order valence-electron chi connectivity index (χ1n) is 11.8. The number of carbonyl (C=O) groups is 2. The van der Waals surface area contributed by atoms with E-state index >= 15 is 0 Å². The van der Waals surface area contributed by atoms with Crippen molar-refractivity contribution in [3.05, 3.63) is 95.3 Å². The molecule has 4 rings (SSSR count). The molecule has 0 aliphatic carbocycles. The molecule has 0 fully saturated rings. The number of benzene rings is 3. The fourth-order valence-corrected chi connectivity index (χ4v) is 5.88. The van der Waals surface area contributed by atoms with Crippen molar-refractivity contribution in [1.82, 2.24) is 9.62 Å². The van der Waals surface area contributed by atoms with Gasteiger partial charge in [-0.3, -0.25) is 9.59 Å². The number of amides is 2. The smallest absolute Gasteiger partial charge is 0.243 e. The Labute approximate surface area is 210 Å². The molecule has 0 radical (unpaired) electrons. The Hall–Kier alpha value is -3.56. The predicted molar refractivity (Wildman–Crippen MR) is 135 cm³/mol. The summed E-state index contributed by atoms with van der Waals surface area (Å²) < 4.78 is 41.9. The second-order valence-corrected chi connectivity index (χ2v) is 10.5. The van der Waals surface area contributed by atoms with Gasteiger partial charge in [-0.25, -0.2) is 12.8 Å². The Kier molecular flexibility index (Phi) is 7.81. The van der Waals surface area contributed by atoms with Gasteiger partial charge in [0.1, 0.15) is 5.82 Å². The van der Waals surface area contributed by atoms with Crippen LogP contribution in [-0.4, -0.2) is 31.1 Å². The van der Waals surface area contributed by atoms with E-state index in [1.165, 1.54) is 28.6 Å². The van der Waals surface area contributed by atoms with Gasteiger partial charge in [0.05, 0.1) is 10.9 Å². The van der Waals surface area contributed by atoms with Crippen molar-refractivity contribution in [2.75, 3.05) is 11.9 Å². The maximum Gasteiger partial charge on any atom is 0.243 e. The highest BCUT2D eigenvalue weighted by Gasteiger charge is 2.37. The topological polar surface area (TPSA) is 95.6 Å². The van der Waals surface area contributed by atoms with Gasteiger partial charge in [-0.2, -0.15) is 4.31 Å².